The van der Waals surface area contributed by atoms with Crippen molar-refractivity contribution in [3.63, 3.8) is 0 Å². The third kappa shape index (κ3) is 4.11. The lowest BCUT2D eigenvalue weighted by Crippen LogP contribution is -2.14. The molecule has 0 amide bonds. The molecule has 31 heavy (non-hydrogen) atoms. The molecule has 0 bridgehead atoms. The maximum atomic E-state index is 12.7. The van der Waals surface area contributed by atoms with Crippen LogP contribution in [-0.4, -0.2) is 36.8 Å². The molecule has 0 saturated carbocycles. The summed E-state index contributed by atoms with van der Waals surface area (Å²) in [6, 6.07) is 5.15. The number of benzene rings is 1. The Morgan fingerprint density at radius 1 is 1.10 bits per heavy atom. The van der Waals surface area contributed by atoms with Crippen LogP contribution in [0.4, 0.5) is 19.0 Å². The van der Waals surface area contributed by atoms with E-state index in [4.69, 9.17) is 4.74 Å². The predicted molar refractivity (Wildman–Crippen MR) is 107 cm³/mol. The third-order valence-electron chi connectivity index (χ3n) is 4.67. The molecule has 0 radical (unpaired) electrons. The largest absolute Gasteiger partial charge is 0.494 e. The molecule has 11 heteroatoms. The fraction of sp³-hybridized carbons (Fsp3) is 0.250. The van der Waals surface area contributed by atoms with Crippen molar-refractivity contribution in [1.29, 1.82) is 0 Å². The van der Waals surface area contributed by atoms with E-state index >= 15 is 0 Å². The van der Waals surface area contributed by atoms with E-state index in [9.17, 15) is 13.2 Å². The first-order valence-corrected chi connectivity index (χ1v) is 9.27. The highest BCUT2D eigenvalue weighted by Crippen LogP contribution is 2.32. The van der Waals surface area contributed by atoms with Gasteiger partial charge in [-0.05, 0) is 26.0 Å². The average molecular weight is 429 g/mol. The Bertz CT molecular complexity index is 1220. The standard InChI is InChI=1S/C20H18F3N7O/c1-11-4-5-30(29-11)14-6-15-17(16(7-14)31-3)26-10-27-18(15)28-12(2)13-8-24-19(25-9-13)20(21,22)23/h4-10,12H,1-3H3,(H,26,27,28). The van der Waals surface area contributed by atoms with Crippen molar-refractivity contribution >= 4 is 16.7 Å². The highest BCUT2D eigenvalue weighted by Gasteiger charge is 2.34. The smallest absolute Gasteiger partial charge is 0.451 e. The molecule has 1 unspecified atom stereocenters. The summed E-state index contributed by atoms with van der Waals surface area (Å²) >= 11 is 0. The summed E-state index contributed by atoms with van der Waals surface area (Å²) in [7, 11) is 1.55. The number of nitrogens with one attached hydrogen (secondary N) is 1. The fourth-order valence-electron chi connectivity index (χ4n) is 3.08. The lowest BCUT2D eigenvalue weighted by molar-refractivity contribution is -0.145. The second kappa shape index (κ2) is 7.82. The lowest BCUT2D eigenvalue weighted by Gasteiger charge is -2.17. The Morgan fingerprint density at radius 3 is 2.45 bits per heavy atom. The summed E-state index contributed by atoms with van der Waals surface area (Å²) in [5.74, 6) is -0.155. The van der Waals surface area contributed by atoms with Gasteiger partial charge in [-0.25, -0.2) is 24.6 Å². The van der Waals surface area contributed by atoms with Crippen molar-refractivity contribution in [1.82, 2.24) is 29.7 Å². The maximum Gasteiger partial charge on any atom is 0.451 e. The Kier molecular flexibility index (Phi) is 5.17. The third-order valence-corrected chi connectivity index (χ3v) is 4.67. The molecule has 1 N–H and O–H groups in total. The minimum Gasteiger partial charge on any atom is -0.494 e. The van der Waals surface area contributed by atoms with Crippen molar-refractivity contribution in [2.24, 2.45) is 0 Å². The van der Waals surface area contributed by atoms with Crippen LogP contribution in [0.5, 0.6) is 5.75 Å². The molecule has 0 aliphatic rings. The number of aromatic nitrogens is 6. The van der Waals surface area contributed by atoms with E-state index in [1.807, 2.05) is 31.3 Å². The van der Waals surface area contributed by atoms with Gasteiger partial charge in [-0.1, -0.05) is 0 Å². The Morgan fingerprint density at radius 2 is 1.84 bits per heavy atom. The van der Waals surface area contributed by atoms with Crippen LogP contribution in [0.25, 0.3) is 16.6 Å². The number of fused-ring (bicyclic) bond motifs is 1. The first-order valence-electron chi connectivity index (χ1n) is 9.27. The van der Waals surface area contributed by atoms with Crippen molar-refractivity contribution in [2.45, 2.75) is 26.1 Å². The van der Waals surface area contributed by atoms with Crippen molar-refractivity contribution in [3.05, 3.63) is 60.2 Å². The molecule has 3 aromatic heterocycles. The van der Waals surface area contributed by atoms with E-state index in [2.05, 4.69) is 30.4 Å². The Balaban J connectivity index is 1.71. The first-order chi connectivity index (χ1) is 14.8. The zero-order valence-corrected chi connectivity index (χ0v) is 16.8. The summed E-state index contributed by atoms with van der Waals surface area (Å²) in [6.45, 7) is 3.66. The van der Waals surface area contributed by atoms with Crippen LogP contribution < -0.4 is 10.1 Å². The number of methoxy groups -OCH3 is 1. The SMILES string of the molecule is COc1cc(-n2ccc(C)n2)cc2c(NC(C)c3cnc(C(F)(F)F)nc3)ncnc12. The zero-order valence-electron chi connectivity index (χ0n) is 16.8. The number of rotatable bonds is 5. The average Bonchev–Trinajstić information content (AvgIpc) is 3.19. The fourth-order valence-corrected chi connectivity index (χ4v) is 3.08. The van der Waals surface area contributed by atoms with Gasteiger partial charge in [0.1, 0.15) is 23.4 Å². The molecule has 0 spiro atoms. The van der Waals surface area contributed by atoms with E-state index < -0.39 is 18.0 Å². The second-order valence-electron chi connectivity index (χ2n) is 6.87. The van der Waals surface area contributed by atoms with Gasteiger partial charge < -0.3 is 10.1 Å². The molecule has 160 valence electrons. The first kappa shape index (κ1) is 20.5. The Hall–Kier alpha value is -3.76. The molecule has 0 aliphatic heterocycles. The van der Waals surface area contributed by atoms with Crippen molar-refractivity contribution < 1.29 is 17.9 Å². The molecule has 3 heterocycles. The van der Waals surface area contributed by atoms with Crippen LogP contribution in [0.15, 0.2) is 43.1 Å². The van der Waals surface area contributed by atoms with E-state index in [0.29, 0.717) is 28.0 Å². The monoisotopic (exact) mass is 429 g/mol. The van der Waals surface area contributed by atoms with Gasteiger partial charge in [-0.2, -0.15) is 18.3 Å². The molecular formula is C20H18F3N7O. The van der Waals surface area contributed by atoms with Gasteiger partial charge in [0, 0.05) is 35.6 Å². The molecule has 4 rings (SSSR count). The summed E-state index contributed by atoms with van der Waals surface area (Å²) in [4.78, 5) is 15.5. The van der Waals surface area contributed by atoms with Gasteiger partial charge in [0.05, 0.1) is 24.5 Å². The summed E-state index contributed by atoms with van der Waals surface area (Å²) in [6.07, 6.45) is 0.927. The van der Waals surface area contributed by atoms with Gasteiger partial charge in [0.15, 0.2) is 0 Å². The van der Waals surface area contributed by atoms with E-state index in [0.717, 1.165) is 23.8 Å². The number of alkyl halides is 3. The number of halogens is 3. The lowest BCUT2D eigenvalue weighted by atomic mass is 10.1. The predicted octanol–water partition coefficient (Wildman–Crippen LogP) is 4.11. The van der Waals surface area contributed by atoms with E-state index in [1.165, 1.54) is 6.33 Å². The summed E-state index contributed by atoms with van der Waals surface area (Å²) in [5, 5.41) is 8.29. The van der Waals surface area contributed by atoms with Crippen LogP contribution >= 0.6 is 0 Å². The van der Waals surface area contributed by atoms with Crippen LogP contribution in [0.1, 0.15) is 30.0 Å². The number of hydrogen-bond donors (Lipinski definition) is 1. The molecule has 1 aromatic carbocycles. The molecule has 0 saturated heterocycles. The molecule has 1 atom stereocenters. The molecule has 0 aliphatic carbocycles. The molecule has 4 aromatic rings. The number of hydrogen-bond acceptors (Lipinski definition) is 7. The van der Waals surface area contributed by atoms with Gasteiger partial charge in [-0.3, -0.25) is 0 Å². The summed E-state index contributed by atoms with van der Waals surface area (Å²) < 4.78 is 45.4. The topological polar surface area (TPSA) is 90.6 Å². The van der Waals surface area contributed by atoms with Gasteiger partial charge in [0.25, 0.3) is 0 Å². The van der Waals surface area contributed by atoms with Crippen LogP contribution in [0.2, 0.25) is 0 Å². The Labute approximate surface area is 175 Å². The number of anilines is 1. The summed E-state index contributed by atoms with van der Waals surface area (Å²) in [5.41, 5.74) is 2.67. The van der Waals surface area contributed by atoms with Crippen molar-refractivity contribution in [2.75, 3.05) is 12.4 Å². The van der Waals surface area contributed by atoms with Crippen LogP contribution in [0, 0.1) is 6.92 Å². The minimum atomic E-state index is -4.59. The van der Waals surface area contributed by atoms with Crippen LogP contribution in [-0.2, 0) is 6.18 Å². The number of aryl methyl sites for hydroxylation is 1. The highest BCUT2D eigenvalue weighted by molar-refractivity contribution is 5.94. The zero-order chi connectivity index (χ0) is 22.2. The van der Waals surface area contributed by atoms with E-state index in [-0.39, 0.29) is 0 Å². The van der Waals surface area contributed by atoms with Crippen LogP contribution in [0.3, 0.4) is 0 Å². The molecule has 8 nitrogen and oxygen atoms in total. The van der Waals surface area contributed by atoms with Gasteiger partial charge in [0.2, 0.25) is 5.82 Å². The maximum absolute atomic E-state index is 12.7. The number of nitrogens with zero attached hydrogens (tertiary/aromatic N) is 6. The van der Waals surface area contributed by atoms with Gasteiger partial charge >= 0.3 is 6.18 Å². The molecule has 0 fully saturated rings. The minimum absolute atomic E-state index is 0.415. The second-order valence-corrected chi connectivity index (χ2v) is 6.87. The highest BCUT2D eigenvalue weighted by atomic mass is 19.4. The number of ether oxygens (including phenoxy) is 1. The van der Waals surface area contributed by atoms with Crippen molar-refractivity contribution in [3.8, 4) is 11.4 Å². The normalized spacial score (nSPS) is 12.7. The molecular weight excluding hydrogens is 411 g/mol. The van der Waals surface area contributed by atoms with E-state index in [1.54, 1.807) is 18.7 Å². The van der Waals surface area contributed by atoms with Gasteiger partial charge in [-0.15, -0.1) is 0 Å². The quantitative estimate of drug-likeness (QED) is 0.510.